The summed E-state index contributed by atoms with van der Waals surface area (Å²) < 4.78 is 0.261. The van der Waals surface area contributed by atoms with Gasteiger partial charge in [-0.3, -0.25) is 0 Å². The van der Waals surface area contributed by atoms with Gasteiger partial charge in [-0.15, -0.1) is 11.8 Å². The molecule has 1 aliphatic carbocycles. The molecule has 1 aliphatic rings. The molecule has 0 aliphatic heterocycles. The van der Waals surface area contributed by atoms with Crippen molar-refractivity contribution in [2.45, 2.75) is 49.7 Å². The average Bonchev–Trinajstić information content (AvgIpc) is 1.91. The Bertz CT molecular complexity index is 169. The molecule has 2 atom stereocenters. The predicted molar refractivity (Wildman–Crippen MR) is 55.5 cm³/mol. The third-order valence-corrected chi connectivity index (χ3v) is 3.36. The number of aliphatic hydroxyl groups is 1. The minimum atomic E-state index is -0.140. The molecule has 0 saturated heterocycles. The van der Waals surface area contributed by atoms with Crippen LogP contribution in [0.1, 0.15) is 33.6 Å². The quantitative estimate of drug-likeness (QED) is 0.635. The number of aliphatic hydroxyl groups excluding tert-OH is 1. The van der Waals surface area contributed by atoms with Gasteiger partial charge in [-0.2, -0.15) is 0 Å². The number of hydrogen-bond acceptors (Lipinski definition) is 2. The van der Waals surface area contributed by atoms with Gasteiger partial charge in [-0.05, 0) is 12.8 Å². The van der Waals surface area contributed by atoms with E-state index >= 15 is 0 Å². The Morgan fingerprint density at radius 2 is 1.83 bits per heavy atom. The molecule has 0 fully saturated rings. The van der Waals surface area contributed by atoms with Crippen LogP contribution in [0, 0.1) is 0 Å². The third-order valence-electron chi connectivity index (χ3n) is 1.85. The van der Waals surface area contributed by atoms with E-state index in [2.05, 4.69) is 32.9 Å². The minimum absolute atomic E-state index is 0.140. The molecule has 1 nitrogen and oxygen atoms in total. The minimum Gasteiger partial charge on any atom is -0.392 e. The Morgan fingerprint density at radius 3 is 2.33 bits per heavy atom. The molecule has 1 rings (SSSR count). The van der Waals surface area contributed by atoms with Crippen LogP contribution < -0.4 is 0 Å². The fourth-order valence-corrected chi connectivity index (χ4v) is 2.74. The molecule has 0 aromatic carbocycles. The summed E-state index contributed by atoms with van der Waals surface area (Å²) in [6.45, 7) is 6.59. The molecule has 1 N–H and O–H groups in total. The monoisotopic (exact) mass is 186 g/mol. The van der Waals surface area contributed by atoms with Crippen LogP contribution in [0.2, 0.25) is 0 Å². The largest absolute Gasteiger partial charge is 0.392 e. The average molecular weight is 186 g/mol. The van der Waals surface area contributed by atoms with Gasteiger partial charge in [-0.25, -0.2) is 0 Å². The van der Waals surface area contributed by atoms with Gasteiger partial charge in [0.2, 0.25) is 0 Å². The summed E-state index contributed by atoms with van der Waals surface area (Å²) in [5, 5.41) is 10.1. The molecule has 12 heavy (non-hydrogen) atoms. The van der Waals surface area contributed by atoms with Crippen LogP contribution >= 0.6 is 11.8 Å². The maximum atomic E-state index is 9.66. The lowest BCUT2D eigenvalue weighted by molar-refractivity contribution is 0.170. The molecule has 0 spiro atoms. The number of allylic oxidation sites excluding steroid dienone is 1. The Balaban J connectivity index is 2.46. The molecule has 0 heterocycles. The zero-order valence-corrected chi connectivity index (χ0v) is 8.90. The van der Waals surface area contributed by atoms with Crippen LogP contribution in [0.5, 0.6) is 0 Å². The maximum Gasteiger partial charge on any atom is 0.0696 e. The summed E-state index contributed by atoms with van der Waals surface area (Å²) >= 11 is 1.88. The van der Waals surface area contributed by atoms with E-state index in [1.165, 1.54) is 0 Å². The van der Waals surface area contributed by atoms with E-state index in [4.69, 9.17) is 0 Å². The maximum absolute atomic E-state index is 9.66. The van der Waals surface area contributed by atoms with Gasteiger partial charge >= 0.3 is 0 Å². The van der Waals surface area contributed by atoms with Gasteiger partial charge in [0.15, 0.2) is 0 Å². The normalized spacial score (nSPS) is 30.7. The second-order valence-corrected chi connectivity index (χ2v) is 6.34. The second kappa shape index (κ2) is 3.84. The van der Waals surface area contributed by atoms with Gasteiger partial charge in [0.05, 0.1) is 6.10 Å². The van der Waals surface area contributed by atoms with E-state index in [1.54, 1.807) is 0 Å². The zero-order chi connectivity index (χ0) is 9.19. The summed E-state index contributed by atoms with van der Waals surface area (Å²) in [5.41, 5.74) is 0. The van der Waals surface area contributed by atoms with Gasteiger partial charge < -0.3 is 5.11 Å². The topological polar surface area (TPSA) is 20.2 Å². The molecule has 0 bridgehead atoms. The Kier molecular flexibility index (Phi) is 3.24. The Hall–Kier alpha value is 0.0500. The van der Waals surface area contributed by atoms with Gasteiger partial charge in [0.25, 0.3) is 0 Å². The summed E-state index contributed by atoms with van der Waals surface area (Å²) in [5.74, 6) is 0. The lowest BCUT2D eigenvalue weighted by Crippen LogP contribution is -2.28. The summed E-state index contributed by atoms with van der Waals surface area (Å²) in [6.07, 6.45) is 5.95. The fourth-order valence-electron chi connectivity index (χ4n) is 1.36. The van der Waals surface area contributed by atoms with Gasteiger partial charge in [-0.1, -0.05) is 32.9 Å². The molecular weight excluding hydrogens is 168 g/mol. The Labute approximate surface area is 79.2 Å². The van der Waals surface area contributed by atoms with E-state index < -0.39 is 0 Å². The van der Waals surface area contributed by atoms with E-state index in [9.17, 15) is 5.11 Å². The van der Waals surface area contributed by atoms with Gasteiger partial charge in [0.1, 0.15) is 0 Å². The lowest BCUT2D eigenvalue weighted by Gasteiger charge is -2.30. The number of hydrogen-bond donors (Lipinski definition) is 1. The first kappa shape index (κ1) is 10.1. The smallest absolute Gasteiger partial charge is 0.0696 e. The van der Waals surface area contributed by atoms with Gasteiger partial charge in [0, 0.05) is 10.00 Å². The van der Waals surface area contributed by atoms with Crippen LogP contribution in [0.25, 0.3) is 0 Å². The lowest BCUT2D eigenvalue weighted by atomic mass is 10.0. The molecule has 0 radical (unpaired) electrons. The molecule has 0 aromatic rings. The highest BCUT2D eigenvalue weighted by atomic mass is 32.2. The van der Waals surface area contributed by atoms with E-state index in [-0.39, 0.29) is 10.9 Å². The first-order valence-electron chi connectivity index (χ1n) is 4.50. The van der Waals surface area contributed by atoms with Crippen molar-refractivity contribution in [1.82, 2.24) is 0 Å². The summed E-state index contributed by atoms with van der Waals surface area (Å²) in [7, 11) is 0. The second-order valence-electron chi connectivity index (χ2n) is 4.28. The summed E-state index contributed by atoms with van der Waals surface area (Å²) in [6, 6.07) is 0. The Morgan fingerprint density at radius 1 is 1.25 bits per heavy atom. The van der Waals surface area contributed by atoms with E-state index in [0.29, 0.717) is 5.25 Å². The van der Waals surface area contributed by atoms with Crippen LogP contribution in [0.15, 0.2) is 12.2 Å². The highest BCUT2D eigenvalue weighted by molar-refractivity contribution is 8.01. The van der Waals surface area contributed by atoms with Crippen molar-refractivity contribution in [1.29, 1.82) is 0 Å². The van der Waals surface area contributed by atoms with E-state index in [0.717, 1.165) is 12.8 Å². The van der Waals surface area contributed by atoms with Crippen molar-refractivity contribution < 1.29 is 5.11 Å². The third kappa shape index (κ3) is 3.20. The summed E-state index contributed by atoms with van der Waals surface area (Å²) in [4.78, 5) is 0. The van der Waals surface area contributed by atoms with Crippen molar-refractivity contribution >= 4 is 11.8 Å². The molecular formula is C10H18OS. The van der Waals surface area contributed by atoms with Crippen LogP contribution in [-0.2, 0) is 0 Å². The highest BCUT2D eigenvalue weighted by Gasteiger charge is 2.25. The highest BCUT2D eigenvalue weighted by Crippen LogP contribution is 2.34. The number of thioether (sulfide) groups is 1. The molecule has 0 amide bonds. The number of rotatable bonds is 1. The van der Waals surface area contributed by atoms with Crippen molar-refractivity contribution in [2.24, 2.45) is 0 Å². The predicted octanol–water partition coefficient (Wildman–Crippen LogP) is 2.60. The first-order chi connectivity index (χ1) is 5.49. The molecule has 0 saturated carbocycles. The fraction of sp³-hybridized carbons (Fsp3) is 0.800. The zero-order valence-electron chi connectivity index (χ0n) is 8.08. The first-order valence-corrected chi connectivity index (χ1v) is 5.38. The molecule has 2 heteroatoms. The molecule has 0 unspecified atom stereocenters. The van der Waals surface area contributed by atoms with Crippen LogP contribution in [0.3, 0.4) is 0 Å². The van der Waals surface area contributed by atoms with E-state index in [1.807, 2.05) is 11.8 Å². The van der Waals surface area contributed by atoms with Crippen molar-refractivity contribution in [2.75, 3.05) is 0 Å². The van der Waals surface area contributed by atoms with Crippen molar-refractivity contribution in [3.05, 3.63) is 12.2 Å². The molecule has 0 aromatic heterocycles. The SMILES string of the molecule is CC(C)(C)S[C@@H]1CC=CC[C@H]1O. The van der Waals surface area contributed by atoms with Crippen LogP contribution in [-0.4, -0.2) is 21.2 Å². The molecule has 70 valence electrons. The standard InChI is InChI=1S/C10H18OS/c1-10(2,3)12-9-7-5-4-6-8(9)11/h4-5,8-9,11H,6-7H2,1-3H3/t8-,9-/m1/s1. The van der Waals surface area contributed by atoms with Crippen molar-refractivity contribution in [3.63, 3.8) is 0 Å². The van der Waals surface area contributed by atoms with Crippen LogP contribution in [0.4, 0.5) is 0 Å². The van der Waals surface area contributed by atoms with Crippen molar-refractivity contribution in [3.8, 4) is 0 Å².